The molecule has 0 saturated heterocycles. The molecule has 2 N–H and O–H groups in total. The Balaban J connectivity index is 1.78. The standard InChI is InChI=1S/C21H24N4O/c1-5-26-18-9-7-17(8-10-18)24-20-13-21(23-16(4)22-20)25-19-11-6-14(2)12-15(19)3/h6-13H,5H2,1-4H3,(H2,22,23,24,25). The molecule has 3 rings (SSSR count). The van der Waals surface area contributed by atoms with Crippen molar-refractivity contribution >= 4 is 23.0 Å². The van der Waals surface area contributed by atoms with Crippen molar-refractivity contribution in [3.63, 3.8) is 0 Å². The Bertz CT molecular complexity index is 891. The number of nitrogens with one attached hydrogen (secondary N) is 2. The lowest BCUT2D eigenvalue weighted by Gasteiger charge is -2.12. The van der Waals surface area contributed by atoms with Gasteiger partial charge in [-0.3, -0.25) is 0 Å². The van der Waals surface area contributed by atoms with Crippen molar-refractivity contribution in [3.8, 4) is 5.75 Å². The predicted molar refractivity (Wildman–Crippen MR) is 107 cm³/mol. The average molecular weight is 348 g/mol. The van der Waals surface area contributed by atoms with Crippen LogP contribution in [-0.2, 0) is 0 Å². The van der Waals surface area contributed by atoms with Gasteiger partial charge < -0.3 is 15.4 Å². The smallest absolute Gasteiger partial charge is 0.136 e. The first-order valence-electron chi connectivity index (χ1n) is 8.73. The maximum atomic E-state index is 5.47. The van der Waals surface area contributed by atoms with Gasteiger partial charge in [0.05, 0.1) is 6.61 Å². The lowest BCUT2D eigenvalue weighted by molar-refractivity contribution is 0.340. The van der Waals surface area contributed by atoms with E-state index in [1.54, 1.807) is 0 Å². The van der Waals surface area contributed by atoms with E-state index < -0.39 is 0 Å². The van der Waals surface area contributed by atoms with Crippen molar-refractivity contribution in [1.82, 2.24) is 9.97 Å². The van der Waals surface area contributed by atoms with Crippen molar-refractivity contribution in [2.24, 2.45) is 0 Å². The van der Waals surface area contributed by atoms with Gasteiger partial charge in [0.15, 0.2) is 0 Å². The minimum absolute atomic E-state index is 0.658. The number of benzene rings is 2. The molecule has 0 saturated carbocycles. The van der Waals surface area contributed by atoms with Gasteiger partial charge in [0.2, 0.25) is 0 Å². The summed E-state index contributed by atoms with van der Waals surface area (Å²) >= 11 is 0. The minimum Gasteiger partial charge on any atom is -0.494 e. The fraction of sp³-hybridized carbons (Fsp3) is 0.238. The molecule has 5 nitrogen and oxygen atoms in total. The van der Waals surface area contributed by atoms with Gasteiger partial charge in [-0.05, 0) is 63.6 Å². The molecule has 0 aliphatic heterocycles. The Morgan fingerprint density at radius 2 is 1.54 bits per heavy atom. The number of ether oxygens (including phenoxy) is 1. The first kappa shape index (κ1) is 17.7. The summed E-state index contributed by atoms with van der Waals surface area (Å²) in [6.45, 7) is 8.69. The van der Waals surface area contributed by atoms with E-state index >= 15 is 0 Å². The normalized spacial score (nSPS) is 10.5. The Kier molecular flexibility index (Phi) is 5.37. The predicted octanol–water partition coefficient (Wildman–Crippen LogP) is 5.29. The van der Waals surface area contributed by atoms with E-state index in [2.05, 4.69) is 52.6 Å². The van der Waals surface area contributed by atoms with Crippen molar-refractivity contribution in [3.05, 3.63) is 65.5 Å². The summed E-state index contributed by atoms with van der Waals surface area (Å²) in [4.78, 5) is 8.96. The van der Waals surface area contributed by atoms with Gasteiger partial charge in [0.1, 0.15) is 23.2 Å². The third-order valence-electron chi connectivity index (χ3n) is 3.92. The van der Waals surface area contributed by atoms with Gasteiger partial charge in [-0.1, -0.05) is 17.7 Å². The van der Waals surface area contributed by atoms with E-state index in [1.807, 2.05) is 44.2 Å². The third-order valence-corrected chi connectivity index (χ3v) is 3.92. The molecule has 0 aliphatic carbocycles. The number of hydrogen-bond acceptors (Lipinski definition) is 5. The number of rotatable bonds is 6. The first-order valence-corrected chi connectivity index (χ1v) is 8.73. The lowest BCUT2D eigenvalue weighted by Crippen LogP contribution is -2.02. The molecule has 26 heavy (non-hydrogen) atoms. The maximum absolute atomic E-state index is 5.47. The molecule has 0 spiro atoms. The molecule has 0 aliphatic rings. The number of aryl methyl sites for hydroxylation is 3. The monoisotopic (exact) mass is 348 g/mol. The van der Waals surface area contributed by atoms with Crippen LogP contribution in [0.4, 0.5) is 23.0 Å². The second kappa shape index (κ2) is 7.87. The summed E-state index contributed by atoms with van der Waals surface area (Å²) in [6.07, 6.45) is 0. The summed E-state index contributed by atoms with van der Waals surface area (Å²) < 4.78 is 5.47. The SMILES string of the molecule is CCOc1ccc(Nc2cc(Nc3ccc(C)cc3C)nc(C)n2)cc1. The quantitative estimate of drug-likeness (QED) is 0.634. The van der Waals surface area contributed by atoms with Crippen LogP contribution in [0.15, 0.2) is 48.5 Å². The molecule has 1 heterocycles. The van der Waals surface area contributed by atoms with Crippen LogP contribution >= 0.6 is 0 Å². The van der Waals surface area contributed by atoms with Crippen LogP contribution in [0, 0.1) is 20.8 Å². The maximum Gasteiger partial charge on any atom is 0.136 e. The molecule has 134 valence electrons. The molecule has 0 unspecified atom stereocenters. The summed E-state index contributed by atoms with van der Waals surface area (Å²) in [5, 5.41) is 6.70. The molecule has 0 fully saturated rings. The highest BCUT2D eigenvalue weighted by Gasteiger charge is 2.05. The van der Waals surface area contributed by atoms with Gasteiger partial charge in [-0.25, -0.2) is 9.97 Å². The number of aromatic nitrogens is 2. The minimum atomic E-state index is 0.658. The van der Waals surface area contributed by atoms with E-state index in [4.69, 9.17) is 4.74 Å². The Morgan fingerprint density at radius 3 is 2.19 bits per heavy atom. The molecule has 0 atom stereocenters. The van der Waals surface area contributed by atoms with Crippen molar-refractivity contribution in [1.29, 1.82) is 0 Å². The van der Waals surface area contributed by atoms with E-state index in [0.29, 0.717) is 12.4 Å². The van der Waals surface area contributed by atoms with E-state index in [0.717, 1.165) is 28.8 Å². The zero-order valence-electron chi connectivity index (χ0n) is 15.6. The Morgan fingerprint density at radius 1 is 0.846 bits per heavy atom. The van der Waals surface area contributed by atoms with E-state index in [1.165, 1.54) is 11.1 Å². The van der Waals surface area contributed by atoms with Crippen LogP contribution in [0.1, 0.15) is 23.9 Å². The molecular weight excluding hydrogens is 324 g/mol. The molecule has 0 bridgehead atoms. The molecule has 1 aromatic heterocycles. The fourth-order valence-corrected chi connectivity index (χ4v) is 2.74. The fourth-order valence-electron chi connectivity index (χ4n) is 2.74. The summed E-state index contributed by atoms with van der Waals surface area (Å²) in [7, 11) is 0. The lowest BCUT2D eigenvalue weighted by atomic mass is 10.1. The first-order chi connectivity index (χ1) is 12.5. The van der Waals surface area contributed by atoms with E-state index in [-0.39, 0.29) is 0 Å². The largest absolute Gasteiger partial charge is 0.494 e. The number of anilines is 4. The topological polar surface area (TPSA) is 59.1 Å². The summed E-state index contributed by atoms with van der Waals surface area (Å²) in [6, 6.07) is 16.0. The van der Waals surface area contributed by atoms with Crippen LogP contribution in [0.3, 0.4) is 0 Å². The van der Waals surface area contributed by atoms with Crippen LogP contribution in [0.25, 0.3) is 0 Å². The van der Waals surface area contributed by atoms with Gasteiger partial charge in [0, 0.05) is 17.4 Å². The Labute approximate surface area is 154 Å². The zero-order valence-corrected chi connectivity index (χ0v) is 15.6. The van der Waals surface area contributed by atoms with Crippen LogP contribution in [0.2, 0.25) is 0 Å². The van der Waals surface area contributed by atoms with Crippen LogP contribution in [0.5, 0.6) is 5.75 Å². The molecule has 0 radical (unpaired) electrons. The molecule has 0 amide bonds. The van der Waals surface area contributed by atoms with Crippen LogP contribution in [-0.4, -0.2) is 16.6 Å². The van der Waals surface area contributed by atoms with E-state index in [9.17, 15) is 0 Å². The Hall–Kier alpha value is -3.08. The zero-order chi connectivity index (χ0) is 18.5. The van der Waals surface area contributed by atoms with Crippen molar-refractivity contribution in [2.75, 3.05) is 17.2 Å². The van der Waals surface area contributed by atoms with Gasteiger partial charge in [0.25, 0.3) is 0 Å². The molecule has 3 aromatic rings. The van der Waals surface area contributed by atoms with Crippen LogP contribution < -0.4 is 15.4 Å². The summed E-state index contributed by atoms with van der Waals surface area (Å²) in [5.41, 5.74) is 4.41. The molecule has 2 aromatic carbocycles. The second-order valence-corrected chi connectivity index (χ2v) is 6.21. The van der Waals surface area contributed by atoms with Gasteiger partial charge in [-0.2, -0.15) is 0 Å². The summed E-state index contributed by atoms with van der Waals surface area (Å²) in [5.74, 6) is 3.06. The average Bonchev–Trinajstić information content (AvgIpc) is 2.59. The van der Waals surface area contributed by atoms with Gasteiger partial charge >= 0.3 is 0 Å². The third kappa shape index (κ3) is 4.51. The highest BCUT2D eigenvalue weighted by atomic mass is 16.5. The van der Waals surface area contributed by atoms with Crippen molar-refractivity contribution < 1.29 is 4.74 Å². The van der Waals surface area contributed by atoms with Gasteiger partial charge in [-0.15, -0.1) is 0 Å². The van der Waals surface area contributed by atoms with Crippen molar-refractivity contribution in [2.45, 2.75) is 27.7 Å². The highest BCUT2D eigenvalue weighted by Crippen LogP contribution is 2.24. The number of hydrogen-bond donors (Lipinski definition) is 2. The molecule has 5 heteroatoms. The number of nitrogens with zero attached hydrogens (tertiary/aromatic N) is 2. The molecular formula is C21H24N4O. The highest BCUT2D eigenvalue weighted by molar-refractivity contribution is 5.65. The second-order valence-electron chi connectivity index (χ2n) is 6.21.